The molecule has 1 aromatic carbocycles. The molecule has 1 N–H and O–H groups in total. The Morgan fingerprint density at radius 3 is 2.74 bits per heavy atom. The maximum atomic E-state index is 11.9. The summed E-state index contributed by atoms with van der Waals surface area (Å²) in [4.78, 5) is 11.9. The smallest absolute Gasteiger partial charge is 0.233 e. The minimum Gasteiger partial charge on any atom is -0.467 e. The molecule has 0 aliphatic rings. The normalized spacial score (nSPS) is 12.1. The fourth-order valence-electron chi connectivity index (χ4n) is 1.60. The van der Waals surface area contributed by atoms with Crippen LogP contribution in [0.1, 0.15) is 18.2 Å². The van der Waals surface area contributed by atoms with Crippen molar-refractivity contribution in [3.8, 4) is 0 Å². The van der Waals surface area contributed by atoms with Crippen LogP contribution in [0.3, 0.4) is 0 Å². The van der Waals surface area contributed by atoms with Crippen LogP contribution in [0.15, 0.2) is 53.1 Å². The molecule has 0 aliphatic heterocycles. The Bertz CT molecular complexity index is 496. The highest BCUT2D eigenvalue weighted by atomic mass is 32.2. The van der Waals surface area contributed by atoms with Crippen LogP contribution in [0.25, 0.3) is 0 Å². The lowest BCUT2D eigenvalue weighted by molar-refractivity contribution is -0.120. The Balaban J connectivity index is 1.73. The Hall–Kier alpha value is -1.68. The second kappa shape index (κ2) is 7.04. The van der Waals surface area contributed by atoms with Crippen LogP contribution in [-0.2, 0) is 17.1 Å². The van der Waals surface area contributed by atoms with Gasteiger partial charge in [0.25, 0.3) is 0 Å². The Labute approximate surface area is 117 Å². The molecule has 1 atom stereocenters. The van der Waals surface area contributed by atoms with E-state index in [4.69, 9.17) is 4.42 Å². The zero-order valence-electron chi connectivity index (χ0n) is 10.8. The van der Waals surface area contributed by atoms with Crippen molar-refractivity contribution in [3.05, 3.63) is 60.1 Å². The highest BCUT2D eigenvalue weighted by Gasteiger charge is 2.13. The van der Waals surface area contributed by atoms with Crippen molar-refractivity contribution in [2.45, 2.75) is 24.5 Å². The summed E-state index contributed by atoms with van der Waals surface area (Å²) in [7, 11) is 0. The lowest BCUT2D eigenvalue weighted by atomic mass is 10.2. The molecule has 2 aromatic rings. The van der Waals surface area contributed by atoms with Crippen molar-refractivity contribution in [3.63, 3.8) is 0 Å². The Morgan fingerprint density at radius 1 is 1.26 bits per heavy atom. The number of rotatable bonds is 6. The average molecular weight is 275 g/mol. The molecular formula is C15H17NO2S. The van der Waals surface area contributed by atoms with Crippen LogP contribution in [0, 0.1) is 0 Å². The van der Waals surface area contributed by atoms with E-state index in [-0.39, 0.29) is 11.2 Å². The predicted molar refractivity (Wildman–Crippen MR) is 77.8 cm³/mol. The summed E-state index contributed by atoms with van der Waals surface area (Å²) < 4.78 is 5.17. The highest BCUT2D eigenvalue weighted by Crippen LogP contribution is 2.17. The maximum Gasteiger partial charge on any atom is 0.233 e. The molecule has 2 rings (SSSR count). The van der Waals surface area contributed by atoms with Crippen LogP contribution in [0.2, 0.25) is 0 Å². The quantitative estimate of drug-likeness (QED) is 0.880. The van der Waals surface area contributed by atoms with E-state index in [0.717, 1.165) is 11.5 Å². The SMILES string of the molecule is C[C@H](SCc1ccccc1)C(=O)NCc1ccco1. The summed E-state index contributed by atoms with van der Waals surface area (Å²) in [5.41, 5.74) is 1.23. The van der Waals surface area contributed by atoms with Gasteiger partial charge in [-0.3, -0.25) is 4.79 Å². The van der Waals surface area contributed by atoms with Gasteiger partial charge in [-0.1, -0.05) is 30.3 Å². The summed E-state index contributed by atoms with van der Waals surface area (Å²) in [5, 5.41) is 2.79. The molecule has 0 unspecified atom stereocenters. The van der Waals surface area contributed by atoms with Crippen LogP contribution in [-0.4, -0.2) is 11.2 Å². The number of nitrogens with one attached hydrogen (secondary N) is 1. The average Bonchev–Trinajstić information content (AvgIpc) is 2.96. The Kier molecular flexibility index (Phi) is 5.10. The lowest BCUT2D eigenvalue weighted by Gasteiger charge is -2.11. The fourth-order valence-corrected chi connectivity index (χ4v) is 2.47. The van der Waals surface area contributed by atoms with Crippen molar-refractivity contribution in [2.75, 3.05) is 0 Å². The maximum absolute atomic E-state index is 11.9. The monoisotopic (exact) mass is 275 g/mol. The van der Waals surface area contributed by atoms with E-state index in [1.807, 2.05) is 37.3 Å². The zero-order chi connectivity index (χ0) is 13.5. The minimum absolute atomic E-state index is 0.0392. The number of carbonyl (C=O) groups excluding carboxylic acids is 1. The topological polar surface area (TPSA) is 42.2 Å². The number of furan rings is 1. The summed E-state index contributed by atoms with van der Waals surface area (Å²) in [6.45, 7) is 2.37. The molecule has 4 heteroatoms. The van der Waals surface area contributed by atoms with Crippen LogP contribution < -0.4 is 5.32 Å². The molecule has 0 saturated heterocycles. The van der Waals surface area contributed by atoms with Gasteiger partial charge in [0.2, 0.25) is 5.91 Å². The standard InChI is InChI=1S/C15H17NO2S/c1-12(19-11-13-6-3-2-4-7-13)15(17)16-10-14-8-5-9-18-14/h2-9,12H,10-11H2,1H3,(H,16,17)/t12-/m0/s1. The van der Waals surface area contributed by atoms with E-state index in [9.17, 15) is 4.79 Å². The second-order valence-corrected chi connectivity index (χ2v) is 5.57. The molecule has 0 aliphatic carbocycles. The van der Waals surface area contributed by atoms with Gasteiger partial charge in [0.1, 0.15) is 5.76 Å². The third-order valence-electron chi connectivity index (χ3n) is 2.73. The first-order valence-corrected chi connectivity index (χ1v) is 7.26. The molecule has 1 amide bonds. The minimum atomic E-state index is -0.0739. The van der Waals surface area contributed by atoms with Crippen molar-refractivity contribution in [2.24, 2.45) is 0 Å². The number of benzene rings is 1. The summed E-state index contributed by atoms with van der Waals surface area (Å²) in [6.07, 6.45) is 1.61. The van der Waals surface area contributed by atoms with Crippen molar-refractivity contribution in [1.82, 2.24) is 5.32 Å². The molecule has 0 fully saturated rings. The zero-order valence-corrected chi connectivity index (χ0v) is 11.7. The third-order valence-corrected chi connectivity index (χ3v) is 3.94. The fraction of sp³-hybridized carbons (Fsp3) is 0.267. The van der Waals surface area contributed by atoms with Gasteiger partial charge in [0, 0.05) is 5.75 Å². The Morgan fingerprint density at radius 2 is 2.05 bits per heavy atom. The van der Waals surface area contributed by atoms with Gasteiger partial charge >= 0.3 is 0 Å². The molecule has 19 heavy (non-hydrogen) atoms. The van der Waals surface area contributed by atoms with E-state index in [1.165, 1.54) is 5.56 Å². The lowest BCUT2D eigenvalue weighted by Crippen LogP contribution is -2.30. The molecule has 100 valence electrons. The van der Waals surface area contributed by atoms with Gasteiger partial charge in [-0.25, -0.2) is 0 Å². The summed E-state index contributed by atoms with van der Waals surface area (Å²) in [5.74, 6) is 1.65. The van der Waals surface area contributed by atoms with Crippen LogP contribution in [0.5, 0.6) is 0 Å². The summed E-state index contributed by atoms with van der Waals surface area (Å²) >= 11 is 1.63. The van der Waals surface area contributed by atoms with Crippen LogP contribution >= 0.6 is 11.8 Å². The molecule has 1 heterocycles. The molecule has 3 nitrogen and oxygen atoms in total. The first-order valence-electron chi connectivity index (χ1n) is 6.21. The van der Waals surface area contributed by atoms with Crippen molar-refractivity contribution >= 4 is 17.7 Å². The first kappa shape index (κ1) is 13.7. The number of thioether (sulfide) groups is 1. The van der Waals surface area contributed by atoms with Gasteiger partial charge in [-0.15, -0.1) is 11.8 Å². The van der Waals surface area contributed by atoms with Crippen molar-refractivity contribution < 1.29 is 9.21 Å². The third kappa shape index (κ3) is 4.48. The van der Waals surface area contributed by atoms with E-state index in [2.05, 4.69) is 17.4 Å². The second-order valence-electron chi connectivity index (χ2n) is 4.24. The van der Waals surface area contributed by atoms with Crippen molar-refractivity contribution in [1.29, 1.82) is 0 Å². The van der Waals surface area contributed by atoms with Gasteiger partial charge in [0.15, 0.2) is 0 Å². The molecule has 0 radical (unpaired) electrons. The molecule has 1 aromatic heterocycles. The molecule has 0 spiro atoms. The molecule has 0 bridgehead atoms. The van der Waals surface area contributed by atoms with Crippen LogP contribution in [0.4, 0.5) is 0 Å². The van der Waals surface area contributed by atoms with E-state index in [1.54, 1.807) is 18.0 Å². The van der Waals surface area contributed by atoms with E-state index < -0.39 is 0 Å². The molecule has 0 saturated carbocycles. The highest BCUT2D eigenvalue weighted by molar-refractivity contribution is 7.99. The first-order chi connectivity index (χ1) is 9.25. The summed E-state index contributed by atoms with van der Waals surface area (Å²) in [6, 6.07) is 13.8. The number of hydrogen-bond donors (Lipinski definition) is 1. The molecular weight excluding hydrogens is 258 g/mol. The van der Waals surface area contributed by atoms with Gasteiger partial charge in [0.05, 0.1) is 18.1 Å². The largest absolute Gasteiger partial charge is 0.467 e. The van der Waals surface area contributed by atoms with Gasteiger partial charge in [-0.2, -0.15) is 0 Å². The van der Waals surface area contributed by atoms with E-state index >= 15 is 0 Å². The van der Waals surface area contributed by atoms with E-state index in [0.29, 0.717) is 6.54 Å². The number of amides is 1. The predicted octanol–water partition coefficient (Wildman–Crippen LogP) is 3.22. The van der Waals surface area contributed by atoms with Gasteiger partial charge < -0.3 is 9.73 Å². The number of hydrogen-bond acceptors (Lipinski definition) is 3. The number of carbonyl (C=O) groups is 1. The van der Waals surface area contributed by atoms with Gasteiger partial charge in [-0.05, 0) is 24.6 Å².